The monoisotopic (exact) mass is 366 g/mol. The number of amides is 2. The summed E-state index contributed by atoms with van der Waals surface area (Å²) >= 11 is 0. The fourth-order valence-electron chi connectivity index (χ4n) is 3.40. The fraction of sp³-hybridized carbons (Fsp3) is 0.364. The summed E-state index contributed by atoms with van der Waals surface area (Å²) in [5.41, 5.74) is 2.58. The molecule has 1 aliphatic heterocycles. The van der Waals surface area contributed by atoms with Crippen LogP contribution in [0.2, 0.25) is 0 Å². The van der Waals surface area contributed by atoms with Crippen LogP contribution in [-0.2, 0) is 15.0 Å². The largest absolute Gasteiger partial charge is 0.497 e. The Labute approximate surface area is 160 Å². The molecule has 1 aliphatic rings. The molecule has 0 aliphatic carbocycles. The number of para-hydroxylation sites is 1. The van der Waals surface area contributed by atoms with Crippen LogP contribution >= 0.6 is 0 Å². The Kier molecular flexibility index (Phi) is 5.22. The molecule has 0 aromatic heterocycles. The molecule has 2 amide bonds. The van der Waals surface area contributed by atoms with E-state index < -0.39 is 0 Å². The number of hydrogen-bond acceptors (Lipinski definition) is 3. The van der Waals surface area contributed by atoms with Crippen molar-refractivity contribution < 1.29 is 14.3 Å². The SMILES string of the molecule is COc1cccc(NC(=O)C2CC(=O)N(c3ccccc3C(C)(C)C)C2)c1. The quantitative estimate of drug-likeness (QED) is 0.890. The zero-order valence-corrected chi connectivity index (χ0v) is 16.3. The molecule has 0 spiro atoms. The lowest BCUT2D eigenvalue weighted by molar-refractivity contribution is -0.122. The predicted octanol–water partition coefficient (Wildman–Crippen LogP) is 3.98. The van der Waals surface area contributed by atoms with Gasteiger partial charge in [0.2, 0.25) is 11.8 Å². The maximum absolute atomic E-state index is 12.7. The minimum Gasteiger partial charge on any atom is -0.497 e. The molecular weight excluding hydrogens is 340 g/mol. The van der Waals surface area contributed by atoms with E-state index in [1.165, 1.54) is 0 Å². The van der Waals surface area contributed by atoms with Gasteiger partial charge in [-0.15, -0.1) is 0 Å². The number of carbonyl (C=O) groups excluding carboxylic acids is 2. The summed E-state index contributed by atoms with van der Waals surface area (Å²) < 4.78 is 5.19. The summed E-state index contributed by atoms with van der Waals surface area (Å²) in [4.78, 5) is 27.1. The molecule has 1 saturated heterocycles. The Hall–Kier alpha value is -2.82. The molecule has 3 rings (SSSR count). The summed E-state index contributed by atoms with van der Waals surface area (Å²) in [6.07, 6.45) is 0.217. The number of nitrogens with zero attached hydrogens (tertiary/aromatic N) is 1. The molecule has 5 nitrogen and oxygen atoms in total. The van der Waals surface area contributed by atoms with E-state index in [-0.39, 0.29) is 29.6 Å². The van der Waals surface area contributed by atoms with Gasteiger partial charge in [-0.05, 0) is 29.2 Å². The minimum atomic E-state index is -0.378. The Balaban J connectivity index is 1.77. The van der Waals surface area contributed by atoms with Crippen molar-refractivity contribution in [1.29, 1.82) is 0 Å². The molecule has 142 valence electrons. The number of methoxy groups -OCH3 is 1. The van der Waals surface area contributed by atoms with Crippen molar-refractivity contribution in [3.05, 3.63) is 54.1 Å². The molecule has 5 heteroatoms. The van der Waals surface area contributed by atoms with Gasteiger partial charge >= 0.3 is 0 Å². The zero-order chi connectivity index (χ0) is 19.6. The van der Waals surface area contributed by atoms with Crippen molar-refractivity contribution in [3.8, 4) is 5.75 Å². The number of benzene rings is 2. The van der Waals surface area contributed by atoms with E-state index in [1.54, 1.807) is 18.1 Å². The third-order valence-electron chi connectivity index (χ3n) is 4.84. The van der Waals surface area contributed by atoms with E-state index in [4.69, 9.17) is 4.74 Å². The summed E-state index contributed by atoms with van der Waals surface area (Å²) in [5.74, 6) is 0.137. The van der Waals surface area contributed by atoms with Crippen molar-refractivity contribution >= 4 is 23.2 Å². The molecule has 0 radical (unpaired) electrons. The van der Waals surface area contributed by atoms with Crippen LogP contribution in [0, 0.1) is 5.92 Å². The molecule has 27 heavy (non-hydrogen) atoms. The second-order valence-corrected chi connectivity index (χ2v) is 7.89. The Bertz CT molecular complexity index is 855. The van der Waals surface area contributed by atoms with Crippen LogP contribution < -0.4 is 15.0 Å². The van der Waals surface area contributed by atoms with Crippen LogP contribution in [0.15, 0.2) is 48.5 Å². The number of anilines is 2. The zero-order valence-electron chi connectivity index (χ0n) is 16.3. The summed E-state index contributed by atoms with van der Waals surface area (Å²) in [5, 5.41) is 2.90. The highest BCUT2D eigenvalue weighted by Crippen LogP contribution is 2.35. The van der Waals surface area contributed by atoms with Crippen LogP contribution in [0.1, 0.15) is 32.8 Å². The van der Waals surface area contributed by atoms with E-state index in [0.29, 0.717) is 18.0 Å². The molecule has 2 aromatic rings. The van der Waals surface area contributed by atoms with E-state index in [1.807, 2.05) is 42.5 Å². The topological polar surface area (TPSA) is 58.6 Å². The highest BCUT2D eigenvalue weighted by Gasteiger charge is 2.37. The number of carbonyl (C=O) groups is 2. The molecule has 0 saturated carbocycles. The van der Waals surface area contributed by atoms with Crippen molar-refractivity contribution in [2.45, 2.75) is 32.6 Å². The summed E-state index contributed by atoms with van der Waals surface area (Å²) in [6.45, 7) is 6.76. The first-order chi connectivity index (χ1) is 12.8. The molecule has 0 bridgehead atoms. The third kappa shape index (κ3) is 4.13. The predicted molar refractivity (Wildman–Crippen MR) is 107 cm³/mol. The Morgan fingerprint density at radius 1 is 1.15 bits per heavy atom. The first-order valence-electron chi connectivity index (χ1n) is 9.14. The van der Waals surface area contributed by atoms with E-state index in [9.17, 15) is 9.59 Å². The van der Waals surface area contributed by atoms with Gasteiger partial charge in [0.15, 0.2) is 0 Å². The number of rotatable bonds is 4. The third-order valence-corrected chi connectivity index (χ3v) is 4.84. The maximum atomic E-state index is 12.7. The smallest absolute Gasteiger partial charge is 0.229 e. The number of nitrogens with one attached hydrogen (secondary N) is 1. The van der Waals surface area contributed by atoms with Gasteiger partial charge < -0.3 is 15.0 Å². The van der Waals surface area contributed by atoms with Gasteiger partial charge in [-0.1, -0.05) is 45.0 Å². The van der Waals surface area contributed by atoms with Crippen LogP contribution in [-0.4, -0.2) is 25.5 Å². The van der Waals surface area contributed by atoms with Gasteiger partial charge in [-0.3, -0.25) is 9.59 Å². The van der Waals surface area contributed by atoms with Crippen molar-refractivity contribution in [3.63, 3.8) is 0 Å². The lowest BCUT2D eigenvalue weighted by atomic mass is 9.85. The fourth-order valence-corrected chi connectivity index (χ4v) is 3.40. The van der Waals surface area contributed by atoms with Gasteiger partial charge in [0, 0.05) is 30.4 Å². The molecule has 1 unspecified atom stereocenters. The van der Waals surface area contributed by atoms with E-state index in [2.05, 4.69) is 26.1 Å². The Morgan fingerprint density at radius 2 is 1.89 bits per heavy atom. The summed E-state index contributed by atoms with van der Waals surface area (Å²) in [7, 11) is 1.58. The molecule has 1 fully saturated rings. The van der Waals surface area contributed by atoms with Crippen molar-refractivity contribution in [2.75, 3.05) is 23.9 Å². The van der Waals surface area contributed by atoms with Gasteiger partial charge in [-0.2, -0.15) is 0 Å². The first kappa shape index (κ1) is 19.0. The molecule has 2 aromatic carbocycles. The van der Waals surface area contributed by atoms with Crippen molar-refractivity contribution in [2.24, 2.45) is 5.92 Å². The average Bonchev–Trinajstić information content (AvgIpc) is 3.03. The highest BCUT2D eigenvalue weighted by molar-refractivity contribution is 6.04. The molecule has 1 N–H and O–H groups in total. The molecule has 1 heterocycles. The van der Waals surface area contributed by atoms with Crippen LogP contribution in [0.5, 0.6) is 5.75 Å². The van der Waals surface area contributed by atoms with Gasteiger partial charge in [0.05, 0.1) is 13.0 Å². The minimum absolute atomic E-state index is 0.0162. The second-order valence-electron chi connectivity index (χ2n) is 7.89. The van der Waals surface area contributed by atoms with Gasteiger partial charge in [-0.25, -0.2) is 0 Å². The van der Waals surface area contributed by atoms with Crippen LogP contribution in [0.25, 0.3) is 0 Å². The number of hydrogen-bond donors (Lipinski definition) is 1. The summed E-state index contributed by atoms with van der Waals surface area (Å²) in [6, 6.07) is 15.1. The highest BCUT2D eigenvalue weighted by atomic mass is 16.5. The van der Waals surface area contributed by atoms with Gasteiger partial charge in [0.1, 0.15) is 5.75 Å². The lowest BCUT2D eigenvalue weighted by Crippen LogP contribution is -2.30. The van der Waals surface area contributed by atoms with Crippen molar-refractivity contribution in [1.82, 2.24) is 0 Å². The first-order valence-corrected chi connectivity index (χ1v) is 9.14. The van der Waals surface area contributed by atoms with E-state index in [0.717, 1.165) is 11.3 Å². The standard InChI is InChI=1S/C22H26N2O3/c1-22(2,3)18-10-5-6-11-19(18)24-14-15(12-20(24)25)21(26)23-16-8-7-9-17(13-16)27-4/h5-11,13,15H,12,14H2,1-4H3,(H,23,26). The molecular formula is C22H26N2O3. The van der Waals surface area contributed by atoms with E-state index >= 15 is 0 Å². The van der Waals surface area contributed by atoms with Crippen LogP contribution in [0.3, 0.4) is 0 Å². The van der Waals surface area contributed by atoms with Crippen LogP contribution in [0.4, 0.5) is 11.4 Å². The van der Waals surface area contributed by atoms with Gasteiger partial charge in [0.25, 0.3) is 0 Å². The maximum Gasteiger partial charge on any atom is 0.229 e. The average molecular weight is 366 g/mol. The second kappa shape index (κ2) is 7.43. The molecule has 1 atom stereocenters. The Morgan fingerprint density at radius 3 is 2.59 bits per heavy atom. The number of ether oxygens (including phenoxy) is 1. The lowest BCUT2D eigenvalue weighted by Gasteiger charge is -2.27. The normalized spacial score (nSPS) is 17.1.